The quantitative estimate of drug-likeness (QED) is 0.332. The second-order valence-corrected chi connectivity index (χ2v) is 11.4. The van der Waals surface area contributed by atoms with E-state index in [1.807, 2.05) is 55.5 Å². The van der Waals surface area contributed by atoms with Crippen molar-refractivity contribution >= 4 is 39.1 Å². The van der Waals surface area contributed by atoms with Crippen LogP contribution in [0.2, 0.25) is 5.02 Å². The first-order valence-corrected chi connectivity index (χ1v) is 14.8. The molecule has 1 N–H and O–H groups in total. The fourth-order valence-electron chi connectivity index (χ4n) is 4.28. The predicted octanol–water partition coefficient (Wildman–Crippen LogP) is 4.66. The highest BCUT2D eigenvalue weighted by molar-refractivity contribution is 7.92. The first-order valence-electron chi connectivity index (χ1n) is 12.6. The summed E-state index contributed by atoms with van der Waals surface area (Å²) in [4.78, 5) is 28.5. The van der Waals surface area contributed by atoms with Gasteiger partial charge in [-0.3, -0.25) is 13.9 Å². The molecule has 3 aromatic rings. The van der Waals surface area contributed by atoms with Crippen LogP contribution in [0.1, 0.15) is 30.9 Å². The minimum atomic E-state index is -3.54. The summed E-state index contributed by atoms with van der Waals surface area (Å²) in [6.07, 6.45) is 1.86. The van der Waals surface area contributed by atoms with Crippen LogP contribution in [0.25, 0.3) is 0 Å². The van der Waals surface area contributed by atoms with E-state index in [4.69, 9.17) is 11.6 Å². The Morgan fingerprint density at radius 2 is 1.55 bits per heavy atom. The summed E-state index contributed by atoms with van der Waals surface area (Å²) in [5, 5.41) is 3.41. The summed E-state index contributed by atoms with van der Waals surface area (Å²) in [5.41, 5.74) is 2.28. The van der Waals surface area contributed by atoms with E-state index >= 15 is 0 Å². The Morgan fingerprint density at radius 3 is 2.16 bits per heavy atom. The summed E-state index contributed by atoms with van der Waals surface area (Å²) in [7, 11) is -3.54. The van der Waals surface area contributed by atoms with Gasteiger partial charge in [-0.25, -0.2) is 8.42 Å². The van der Waals surface area contributed by atoms with Crippen molar-refractivity contribution in [1.82, 2.24) is 10.2 Å². The first-order chi connectivity index (χ1) is 18.2. The first kappa shape index (κ1) is 29.2. The number of carbonyl (C=O) groups is 2. The molecule has 9 heteroatoms. The van der Waals surface area contributed by atoms with E-state index in [1.54, 1.807) is 41.3 Å². The Morgan fingerprint density at radius 1 is 0.921 bits per heavy atom. The third-order valence-corrected chi connectivity index (χ3v) is 7.49. The number of benzene rings is 3. The van der Waals surface area contributed by atoms with Gasteiger partial charge in [0.1, 0.15) is 6.04 Å². The zero-order valence-corrected chi connectivity index (χ0v) is 23.3. The van der Waals surface area contributed by atoms with E-state index in [2.05, 4.69) is 5.32 Å². The molecule has 0 aliphatic heterocycles. The number of nitrogens with zero attached hydrogens (tertiary/aromatic N) is 2. The fraction of sp³-hybridized carbons (Fsp3) is 0.310. The van der Waals surface area contributed by atoms with Crippen molar-refractivity contribution in [3.05, 3.63) is 101 Å². The lowest BCUT2D eigenvalue weighted by molar-refractivity contribution is -0.141. The molecule has 0 aromatic heterocycles. The highest BCUT2D eigenvalue weighted by Gasteiger charge is 2.30. The van der Waals surface area contributed by atoms with E-state index in [-0.39, 0.29) is 31.3 Å². The molecule has 2 amide bonds. The highest BCUT2D eigenvalue weighted by Crippen LogP contribution is 2.21. The molecule has 3 aromatic carbocycles. The van der Waals surface area contributed by atoms with Gasteiger partial charge in [-0.15, -0.1) is 0 Å². The van der Waals surface area contributed by atoms with Crippen molar-refractivity contribution in [1.29, 1.82) is 0 Å². The standard InChI is InChI=1S/C29H34ClN3O4S/c1-3-31-29(35)27(21-23-12-6-4-7-13-23)32(22-24-14-10-15-25(30)20-24)28(34)18-11-19-33(38(2,36)37)26-16-8-5-9-17-26/h4-10,12-17,20,27H,3,11,18-19,21-22H2,1-2H3,(H,31,35). The zero-order chi connectivity index (χ0) is 27.5. The third-order valence-electron chi connectivity index (χ3n) is 6.06. The van der Waals surface area contributed by atoms with E-state index < -0.39 is 16.1 Å². The Labute approximate surface area is 230 Å². The second-order valence-electron chi connectivity index (χ2n) is 9.03. The lowest BCUT2D eigenvalue weighted by Crippen LogP contribution is -2.50. The molecule has 0 heterocycles. The van der Waals surface area contributed by atoms with Gasteiger partial charge in [-0.05, 0) is 48.7 Å². The number of halogens is 1. The van der Waals surface area contributed by atoms with E-state index in [1.165, 1.54) is 4.31 Å². The van der Waals surface area contributed by atoms with Crippen molar-refractivity contribution in [2.75, 3.05) is 23.7 Å². The fourth-order valence-corrected chi connectivity index (χ4v) is 5.45. The summed E-state index contributed by atoms with van der Waals surface area (Å²) < 4.78 is 26.2. The number of hydrogen-bond acceptors (Lipinski definition) is 4. The van der Waals surface area contributed by atoms with Crippen LogP contribution in [-0.4, -0.2) is 50.5 Å². The molecule has 1 unspecified atom stereocenters. The van der Waals surface area contributed by atoms with Crippen molar-refractivity contribution in [2.24, 2.45) is 0 Å². The van der Waals surface area contributed by atoms with Crippen molar-refractivity contribution in [3.63, 3.8) is 0 Å². The topological polar surface area (TPSA) is 86.8 Å². The molecular formula is C29H34ClN3O4S. The monoisotopic (exact) mass is 555 g/mol. The SMILES string of the molecule is CCNC(=O)C(Cc1ccccc1)N(Cc1cccc(Cl)c1)C(=O)CCCN(c1ccccc1)S(C)(=O)=O. The van der Waals surface area contributed by atoms with E-state index in [0.29, 0.717) is 30.1 Å². The van der Waals surface area contributed by atoms with Crippen LogP contribution < -0.4 is 9.62 Å². The molecule has 1 atom stereocenters. The maximum Gasteiger partial charge on any atom is 0.243 e. The van der Waals surface area contributed by atoms with Crippen LogP contribution in [0.3, 0.4) is 0 Å². The number of nitrogens with one attached hydrogen (secondary N) is 1. The third kappa shape index (κ3) is 8.60. The van der Waals surface area contributed by atoms with Crippen molar-refractivity contribution in [3.8, 4) is 0 Å². The van der Waals surface area contributed by atoms with Crippen LogP contribution >= 0.6 is 11.6 Å². The van der Waals surface area contributed by atoms with Crippen LogP contribution in [0.15, 0.2) is 84.9 Å². The van der Waals surface area contributed by atoms with Gasteiger partial charge in [-0.1, -0.05) is 72.3 Å². The predicted molar refractivity (Wildman–Crippen MR) is 152 cm³/mol. The van der Waals surface area contributed by atoms with E-state index in [0.717, 1.165) is 17.4 Å². The summed E-state index contributed by atoms with van der Waals surface area (Å²) in [6.45, 7) is 2.61. The average Bonchev–Trinajstić information content (AvgIpc) is 2.89. The molecular weight excluding hydrogens is 522 g/mol. The Hall–Kier alpha value is -3.36. The smallest absolute Gasteiger partial charge is 0.243 e. The minimum Gasteiger partial charge on any atom is -0.355 e. The number of anilines is 1. The molecule has 0 aliphatic rings. The number of para-hydroxylation sites is 1. The second kappa shape index (κ2) is 14.0. The van der Waals surface area contributed by atoms with Gasteiger partial charge in [0.05, 0.1) is 11.9 Å². The molecule has 0 spiro atoms. The molecule has 3 rings (SSSR count). The Bertz CT molecular complexity index is 1300. The number of hydrogen-bond donors (Lipinski definition) is 1. The lowest BCUT2D eigenvalue weighted by atomic mass is 10.0. The number of rotatable bonds is 13. The molecule has 0 radical (unpaired) electrons. The highest BCUT2D eigenvalue weighted by atomic mass is 35.5. The average molecular weight is 556 g/mol. The summed E-state index contributed by atoms with van der Waals surface area (Å²) in [5.74, 6) is -0.479. The largest absolute Gasteiger partial charge is 0.355 e. The van der Waals surface area contributed by atoms with Gasteiger partial charge in [0, 0.05) is 37.5 Å². The van der Waals surface area contributed by atoms with Gasteiger partial charge >= 0.3 is 0 Å². The molecule has 38 heavy (non-hydrogen) atoms. The molecule has 0 saturated heterocycles. The number of carbonyl (C=O) groups excluding carboxylic acids is 2. The van der Waals surface area contributed by atoms with Gasteiger partial charge in [0.2, 0.25) is 21.8 Å². The van der Waals surface area contributed by atoms with Crippen LogP contribution in [-0.2, 0) is 32.6 Å². The van der Waals surface area contributed by atoms with Crippen molar-refractivity contribution in [2.45, 2.75) is 38.8 Å². The van der Waals surface area contributed by atoms with Crippen LogP contribution in [0.4, 0.5) is 5.69 Å². The maximum absolute atomic E-state index is 13.7. The van der Waals surface area contributed by atoms with E-state index in [9.17, 15) is 18.0 Å². The molecule has 0 bridgehead atoms. The molecule has 202 valence electrons. The molecule has 0 aliphatic carbocycles. The molecule has 0 fully saturated rings. The Balaban J connectivity index is 1.85. The van der Waals surface area contributed by atoms with Crippen molar-refractivity contribution < 1.29 is 18.0 Å². The van der Waals surface area contributed by atoms with Gasteiger partial charge in [0.15, 0.2) is 0 Å². The number of sulfonamides is 1. The molecule has 7 nitrogen and oxygen atoms in total. The number of likely N-dealkylation sites (N-methyl/N-ethyl adjacent to an activating group) is 1. The van der Waals surface area contributed by atoms with Crippen LogP contribution in [0.5, 0.6) is 0 Å². The van der Waals surface area contributed by atoms with Gasteiger partial charge < -0.3 is 10.2 Å². The lowest BCUT2D eigenvalue weighted by Gasteiger charge is -2.32. The normalized spacial score (nSPS) is 12.0. The van der Waals surface area contributed by atoms with Gasteiger partial charge in [0.25, 0.3) is 0 Å². The minimum absolute atomic E-state index is 0.0735. The summed E-state index contributed by atoms with van der Waals surface area (Å²) in [6, 6.07) is 24.8. The zero-order valence-electron chi connectivity index (χ0n) is 21.7. The number of amides is 2. The summed E-state index contributed by atoms with van der Waals surface area (Å²) >= 11 is 6.20. The van der Waals surface area contributed by atoms with Gasteiger partial charge in [-0.2, -0.15) is 0 Å². The molecule has 0 saturated carbocycles. The van der Waals surface area contributed by atoms with Crippen LogP contribution in [0, 0.1) is 0 Å². The maximum atomic E-state index is 13.7. The Kier molecular flexibility index (Phi) is 10.7.